The summed E-state index contributed by atoms with van der Waals surface area (Å²) in [7, 11) is 0. The first kappa shape index (κ1) is 15.9. The topological polar surface area (TPSA) is 38.3 Å². The quantitative estimate of drug-likeness (QED) is 0.892. The van der Waals surface area contributed by atoms with Crippen LogP contribution < -0.4 is 10.1 Å². The van der Waals surface area contributed by atoms with Crippen LogP contribution in [0.15, 0.2) is 18.2 Å². The van der Waals surface area contributed by atoms with Crippen molar-refractivity contribution in [3.05, 3.63) is 29.3 Å². The third kappa shape index (κ3) is 4.48. The highest BCUT2D eigenvalue weighted by atomic mass is 16.5. The molecule has 1 aliphatic carbocycles. The normalized spacial score (nSPS) is 17.3. The third-order valence-electron chi connectivity index (χ3n) is 4.23. The lowest BCUT2D eigenvalue weighted by atomic mass is 9.95. The highest BCUT2D eigenvalue weighted by molar-refractivity contribution is 5.81. The van der Waals surface area contributed by atoms with Crippen molar-refractivity contribution in [2.24, 2.45) is 0 Å². The lowest BCUT2D eigenvalue weighted by Crippen LogP contribution is -2.44. The van der Waals surface area contributed by atoms with Gasteiger partial charge in [-0.2, -0.15) is 0 Å². The van der Waals surface area contributed by atoms with Gasteiger partial charge in [-0.15, -0.1) is 0 Å². The van der Waals surface area contributed by atoms with Crippen LogP contribution >= 0.6 is 0 Å². The van der Waals surface area contributed by atoms with E-state index in [1.165, 1.54) is 19.3 Å². The molecule has 0 saturated heterocycles. The summed E-state index contributed by atoms with van der Waals surface area (Å²) in [5, 5.41) is 3.16. The Labute approximate surface area is 128 Å². The molecule has 116 valence electrons. The summed E-state index contributed by atoms with van der Waals surface area (Å²) in [6, 6.07) is 6.44. The number of hydrogen-bond acceptors (Lipinski definition) is 2. The fourth-order valence-electron chi connectivity index (χ4n) is 2.85. The van der Waals surface area contributed by atoms with E-state index in [4.69, 9.17) is 4.74 Å². The average Bonchev–Trinajstić information content (AvgIpc) is 2.49. The summed E-state index contributed by atoms with van der Waals surface area (Å²) in [4.78, 5) is 12.4. The Hall–Kier alpha value is -1.51. The molecule has 0 aliphatic heterocycles. The predicted octanol–water partition coefficient (Wildman–Crippen LogP) is 3.91. The van der Waals surface area contributed by atoms with E-state index in [2.05, 4.69) is 11.4 Å². The van der Waals surface area contributed by atoms with Crippen molar-refractivity contribution in [2.45, 2.75) is 71.4 Å². The Bertz CT molecular complexity index is 478. The Kier molecular flexibility index (Phi) is 5.66. The fraction of sp³-hybridized carbons (Fsp3) is 0.611. The van der Waals surface area contributed by atoms with E-state index in [9.17, 15) is 4.79 Å². The average molecular weight is 289 g/mol. The van der Waals surface area contributed by atoms with E-state index in [0.29, 0.717) is 12.5 Å². The van der Waals surface area contributed by atoms with Crippen molar-refractivity contribution in [1.29, 1.82) is 0 Å². The summed E-state index contributed by atoms with van der Waals surface area (Å²) in [6.07, 6.45) is 6.23. The molecule has 2 rings (SSSR count). The fourth-order valence-corrected chi connectivity index (χ4v) is 2.85. The smallest absolute Gasteiger partial charge is 0.261 e. The van der Waals surface area contributed by atoms with Gasteiger partial charge in [-0.05, 0) is 50.3 Å². The molecule has 0 bridgehead atoms. The van der Waals surface area contributed by atoms with Gasteiger partial charge < -0.3 is 10.1 Å². The number of carbonyl (C=O) groups excluding carboxylic acids is 1. The second-order valence-corrected chi connectivity index (χ2v) is 6.13. The zero-order valence-corrected chi connectivity index (χ0v) is 13.4. The molecular weight excluding hydrogens is 262 g/mol. The van der Waals surface area contributed by atoms with Crippen LogP contribution in [0.4, 0.5) is 0 Å². The Morgan fingerprint density at radius 3 is 2.67 bits per heavy atom. The van der Waals surface area contributed by atoms with Crippen LogP contribution in [0.25, 0.3) is 0 Å². The number of rotatable bonds is 5. The molecule has 1 atom stereocenters. The SMILES string of the molecule is CCC(Oc1cc(C)ccc1C)C(=O)NC1CCCCC1. The third-order valence-corrected chi connectivity index (χ3v) is 4.23. The van der Waals surface area contributed by atoms with Gasteiger partial charge in [0.15, 0.2) is 6.10 Å². The van der Waals surface area contributed by atoms with Gasteiger partial charge in [0, 0.05) is 6.04 Å². The summed E-state index contributed by atoms with van der Waals surface area (Å²) in [5.74, 6) is 0.853. The first-order valence-electron chi connectivity index (χ1n) is 8.14. The molecule has 1 aromatic carbocycles. The Balaban J connectivity index is 1.98. The summed E-state index contributed by atoms with van der Waals surface area (Å²) in [5.41, 5.74) is 2.22. The molecule has 1 aromatic rings. The second kappa shape index (κ2) is 7.48. The highest BCUT2D eigenvalue weighted by Gasteiger charge is 2.23. The van der Waals surface area contributed by atoms with E-state index in [1.807, 2.05) is 32.9 Å². The second-order valence-electron chi connectivity index (χ2n) is 6.13. The van der Waals surface area contributed by atoms with Gasteiger partial charge in [0.25, 0.3) is 5.91 Å². The molecule has 0 heterocycles. The standard InChI is InChI=1S/C18H27NO2/c1-4-16(18(20)19-15-8-6-5-7-9-15)21-17-12-13(2)10-11-14(17)3/h10-12,15-16H,4-9H2,1-3H3,(H,19,20). The van der Waals surface area contributed by atoms with Gasteiger partial charge in [-0.25, -0.2) is 0 Å². The number of amides is 1. The van der Waals surface area contributed by atoms with Crippen molar-refractivity contribution >= 4 is 5.91 Å². The van der Waals surface area contributed by atoms with Crippen molar-refractivity contribution in [1.82, 2.24) is 5.32 Å². The highest BCUT2D eigenvalue weighted by Crippen LogP contribution is 2.22. The minimum absolute atomic E-state index is 0.0327. The number of carbonyl (C=O) groups is 1. The maximum Gasteiger partial charge on any atom is 0.261 e. The van der Waals surface area contributed by atoms with E-state index in [1.54, 1.807) is 0 Å². The number of hydrogen-bond donors (Lipinski definition) is 1. The monoisotopic (exact) mass is 289 g/mol. The maximum absolute atomic E-state index is 12.4. The summed E-state index contributed by atoms with van der Waals surface area (Å²) in [6.45, 7) is 6.05. The minimum Gasteiger partial charge on any atom is -0.480 e. The molecule has 3 nitrogen and oxygen atoms in total. The van der Waals surface area contributed by atoms with Gasteiger partial charge in [0.2, 0.25) is 0 Å². The molecular formula is C18H27NO2. The minimum atomic E-state index is -0.396. The largest absolute Gasteiger partial charge is 0.480 e. The first-order valence-corrected chi connectivity index (χ1v) is 8.14. The van der Waals surface area contributed by atoms with Crippen LogP contribution in [-0.2, 0) is 4.79 Å². The molecule has 1 unspecified atom stereocenters. The van der Waals surface area contributed by atoms with Crippen molar-refractivity contribution in [2.75, 3.05) is 0 Å². The van der Waals surface area contributed by atoms with Crippen LogP contribution in [0.5, 0.6) is 5.75 Å². The molecule has 1 amide bonds. The van der Waals surface area contributed by atoms with E-state index >= 15 is 0 Å². The number of ether oxygens (including phenoxy) is 1. The van der Waals surface area contributed by atoms with Crippen LogP contribution in [0, 0.1) is 13.8 Å². The summed E-state index contributed by atoms with van der Waals surface area (Å²) >= 11 is 0. The number of aryl methyl sites for hydroxylation is 2. The van der Waals surface area contributed by atoms with E-state index in [0.717, 1.165) is 29.7 Å². The lowest BCUT2D eigenvalue weighted by Gasteiger charge is -2.26. The molecule has 1 N–H and O–H groups in total. The molecule has 21 heavy (non-hydrogen) atoms. The summed E-state index contributed by atoms with van der Waals surface area (Å²) < 4.78 is 5.97. The van der Waals surface area contributed by atoms with Gasteiger partial charge >= 0.3 is 0 Å². The van der Waals surface area contributed by atoms with E-state index in [-0.39, 0.29) is 5.91 Å². The molecule has 0 aromatic heterocycles. The molecule has 1 aliphatic rings. The van der Waals surface area contributed by atoms with Gasteiger partial charge in [-0.1, -0.05) is 38.3 Å². The zero-order chi connectivity index (χ0) is 15.2. The van der Waals surface area contributed by atoms with Crippen LogP contribution in [0.1, 0.15) is 56.6 Å². The van der Waals surface area contributed by atoms with Gasteiger partial charge in [-0.3, -0.25) is 4.79 Å². The van der Waals surface area contributed by atoms with E-state index < -0.39 is 6.10 Å². The number of nitrogens with one attached hydrogen (secondary N) is 1. The lowest BCUT2D eigenvalue weighted by molar-refractivity contribution is -0.129. The predicted molar refractivity (Wildman–Crippen MR) is 85.6 cm³/mol. The first-order chi connectivity index (χ1) is 10.1. The maximum atomic E-state index is 12.4. The molecule has 0 spiro atoms. The molecule has 1 fully saturated rings. The molecule has 1 saturated carbocycles. The Morgan fingerprint density at radius 2 is 2.00 bits per heavy atom. The Morgan fingerprint density at radius 1 is 1.29 bits per heavy atom. The van der Waals surface area contributed by atoms with Gasteiger partial charge in [0.05, 0.1) is 0 Å². The van der Waals surface area contributed by atoms with Crippen LogP contribution in [0.3, 0.4) is 0 Å². The van der Waals surface area contributed by atoms with Gasteiger partial charge in [0.1, 0.15) is 5.75 Å². The van der Waals surface area contributed by atoms with Crippen molar-refractivity contribution < 1.29 is 9.53 Å². The number of benzene rings is 1. The van der Waals surface area contributed by atoms with Crippen LogP contribution in [-0.4, -0.2) is 18.1 Å². The van der Waals surface area contributed by atoms with Crippen molar-refractivity contribution in [3.8, 4) is 5.75 Å². The van der Waals surface area contributed by atoms with Crippen LogP contribution in [0.2, 0.25) is 0 Å². The molecule has 0 radical (unpaired) electrons. The zero-order valence-electron chi connectivity index (χ0n) is 13.4. The van der Waals surface area contributed by atoms with Crippen molar-refractivity contribution in [3.63, 3.8) is 0 Å². The molecule has 3 heteroatoms.